The number of aliphatic hydroxyl groups excluding tert-OH is 1. The van der Waals surface area contributed by atoms with E-state index in [1.165, 1.54) is 4.90 Å². The summed E-state index contributed by atoms with van der Waals surface area (Å²) in [6, 6.07) is -0.152. The number of carbonyl (C=O) groups is 1. The van der Waals surface area contributed by atoms with Crippen LogP contribution in [-0.4, -0.2) is 46.4 Å². The van der Waals surface area contributed by atoms with Gasteiger partial charge in [0.25, 0.3) is 0 Å². The normalized spacial score (nSPS) is 30.4. The van der Waals surface area contributed by atoms with Crippen LogP contribution in [0.3, 0.4) is 0 Å². The summed E-state index contributed by atoms with van der Waals surface area (Å²) >= 11 is 0. The molecule has 0 heterocycles. The van der Waals surface area contributed by atoms with Crippen LogP contribution in [0.2, 0.25) is 0 Å². The van der Waals surface area contributed by atoms with Gasteiger partial charge in [-0.3, -0.25) is 0 Å². The van der Waals surface area contributed by atoms with Crippen molar-refractivity contribution in [1.82, 2.24) is 4.90 Å². The second kappa shape index (κ2) is 4.46. The van der Waals surface area contributed by atoms with Crippen LogP contribution in [0.4, 0.5) is 4.79 Å². The summed E-state index contributed by atoms with van der Waals surface area (Å²) in [6.07, 6.45) is 0.341. The number of hydrogen-bond acceptors (Lipinski definition) is 4. The molecule has 0 aromatic heterocycles. The third-order valence-corrected chi connectivity index (χ3v) is 3.33. The quantitative estimate of drug-likeness (QED) is 0.762. The Kier molecular flexibility index (Phi) is 3.74. The Morgan fingerprint density at radius 1 is 1.53 bits per heavy atom. The molecule has 17 heavy (non-hydrogen) atoms. The minimum Gasteiger partial charge on any atom is -0.444 e. The van der Waals surface area contributed by atoms with E-state index in [0.29, 0.717) is 12.8 Å². The van der Waals surface area contributed by atoms with E-state index in [1.807, 2.05) is 27.7 Å². The van der Waals surface area contributed by atoms with Gasteiger partial charge < -0.3 is 20.5 Å². The molecule has 1 unspecified atom stereocenters. The van der Waals surface area contributed by atoms with Crippen molar-refractivity contribution in [3.05, 3.63) is 0 Å². The topological polar surface area (TPSA) is 75.8 Å². The summed E-state index contributed by atoms with van der Waals surface area (Å²) in [5.41, 5.74) is 5.13. The molecule has 1 aliphatic rings. The molecule has 0 radical (unpaired) electrons. The molecule has 0 bridgehead atoms. The number of nitrogens with zero attached hydrogens (tertiary/aromatic N) is 1. The van der Waals surface area contributed by atoms with Crippen molar-refractivity contribution >= 4 is 6.09 Å². The van der Waals surface area contributed by atoms with Gasteiger partial charge >= 0.3 is 6.09 Å². The molecule has 1 amide bonds. The fraction of sp³-hybridized carbons (Fsp3) is 0.917. The molecule has 0 spiro atoms. The van der Waals surface area contributed by atoms with Gasteiger partial charge in [0.15, 0.2) is 0 Å². The van der Waals surface area contributed by atoms with Crippen LogP contribution in [0, 0.1) is 0 Å². The van der Waals surface area contributed by atoms with E-state index in [-0.39, 0.29) is 18.2 Å². The molecular formula is C12H24N2O3. The third-order valence-electron chi connectivity index (χ3n) is 3.33. The number of amides is 1. The van der Waals surface area contributed by atoms with Gasteiger partial charge in [0, 0.05) is 12.6 Å². The molecule has 0 aliphatic heterocycles. The maximum atomic E-state index is 11.9. The van der Waals surface area contributed by atoms with Gasteiger partial charge in [-0.05, 0) is 40.5 Å². The predicted molar refractivity (Wildman–Crippen MR) is 65.6 cm³/mol. The monoisotopic (exact) mass is 244 g/mol. The molecule has 0 saturated heterocycles. The first-order chi connectivity index (χ1) is 7.55. The molecule has 5 nitrogen and oxygen atoms in total. The van der Waals surface area contributed by atoms with Crippen LogP contribution in [0.1, 0.15) is 40.5 Å². The lowest BCUT2D eigenvalue weighted by Gasteiger charge is -2.49. The molecular weight excluding hydrogens is 220 g/mol. The van der Waals surface area contributed by atoms with Gasteiger partial charge in [-0.25, -0.2) is 4.79 Å². The molecule has 1 atom stereocenters. The van der Waals surface area contributed by atoms with Gasteiger partial charge in [-0.15, -0.1) is 0 Å². The van der Waals surface area contributed by atoms with Gasteiger partial charge in [0.1, 0.15) is 5.60 Å². The minimum atomic E-state index is -0.508. The lowest BCUT2D eigenvalue weighted by atomic mass is 9.70. The van der Waals surface area contributed by atoms with Gasteiger partial charge in [0.2, 0.25) is 0 Å². The number of rotatable bonds is 2. The van der Waals surface area contributed by atoms with Crippen LogP contribution in [0.15, 0.2) is 0 Å². The van der Waals surface area contributed by atoms with Crippen LogP contribution in [0.25, 0.3) is 0 Å². The second-order valence-corrected chi connectivity index (χ2v) is 6.06. The standard InChI is InChI=1S/C12H24N2O3/c1-8(12(13)6-9(15)7-12)14(5)10(16)17-11(2,3)4/h8-9,15H,6-7,13H2,1-5H3. The Morgan fingerprint density at radius 3 is 2.35 bits per heavy atom. The Balaban J connectivity index is 2.58. The number of carbonyl (C=O) groups excluding carboxylic acids is 1. The van der Waals surface area contributed by atoms with Crippen molar-refractivity contribution in [3.8, 4) is 0 Å². The average molecular weight is 244 g/mol. The van der Waals surface area contributed by atoms with E-state index in [0.717, 1.165) is 0 Å². The molecule has 1 rings (SSSR count). The van der Waals surface area contributed by atoms with E-state index in [1.54, 1.807) is 7.05 Å². The van der Waals surface area contributed by atoms with Crippen LogP contribution in [-0.2, 0) is 4.74 Å². The van der Waals surface area contributed by atoms with Gasteiger partial charge in [-0.2, -0.15) is 0 Å². The van der Waals surface area contributed by atoms with E-state index >= 15 is 0 Å². The van der Waals surface area contributed by atoms with Crippen LogP contribution >= 0.6 is 0 Å². The van der Waals surface area contributed by atoms with E-state index < -0.39 is 11.1 Å². The maximum Gasteiger partial charge on any atom is 0.410 e. The van der Waals surface area contributed by atoms with E-state index in [9.17, 15) is 9.90 Å². The van der Waals surface area contributed by atoms with Gasteiger partial charge in [0.05, 0.1) is 12.1 Å². The van der Waals surface area contributed by atoms with E-state index in [4.69, 9.17) is 10.5 Å². The number of ether oxygens (including phenoxy) is 1. The zero-order valence-corrected chi connectivity index (χ0v) is 11.4. The highest BCUT2D eigenvalue weighted by Crippen LogP contribution is 2.35. The average Bonchev–Trinajstić information content (AvgIpc) is 2.10. The van der Waals surface area contributed by atoms with Gasteiger partial charge in [-0.1, -0.05) is 0 Å². The lowest BCUT2D eigenvalue weighted by Crippen LogP contribution is -2.66. The van der Waals surface area contributed by atoms with Crippen molar-refractivity contribution in [2.24, 2.45) is 5.73 Å². The number of hydrogen-bond donors (Lipinski definition) is 2. The van der Waals surface area contributed by atoms with Crippen LogP contribution in [0.5, 0.6) is 0 Å². The van der Waals surface area contributed by atoms with Crippen molar-refractivity contribution in [2.45, 2.75) is 63.8 Å². The molecule has 1 aliphatic carbocycles. The Morgan fingerprint density at radius 2 is 2.00 bits per heavy atom. The Hall–Kier alpha value is -0.810. The maximum absolute atomic E-state index is 11.9. The second-order valence-electron chi connectivity index (χ2n) is 6.06. The SMILES string of the molecule is CC(N(C)C(=O)OC(C)(C)C)C1(N)CC(O)C1. The molecule has 0 aromatic rings. The summed E-state index contributed by atoms with van der Waals surface area (Å²) in [7, 11) is 1.68. The van der Waals surface area contributed by atoms with Crippen molar-refractivity contribution < 1.29 is 14.6 Å². The Labute approximate surface area is 103 Å². The van der Waals surface area contributed by atoms with E-state index in [2.05, 4.69) is 0 Å². The summed E-state index contributed by atoms with van der Waals surface area (Å²) < 4.78 is 5.28. The highest BCUT2D eigenvalue weighted by Gasteiger charge is 2.47. The molecule has 0 aromatic carbocycles. The number of likely N-dealkylation sites (N-methyl/N-ethyl adjacent to an activating group) is 1. The summed E-state index contributed by atoms with van der Waals surface area (Å²) in [5.74, 6) is 0. The molecule has 100 valence electrons. The van der Waals surface area contributed by atoms with Crippen molar-refractivity contribution in [2.75, 3.05) is 7.05 Å². The van der Waals surface area contributed by atoms with Crippen molar-refractivity contribution in [3.63, 3.8) is 0 Å². The largest absolute Gasteiger partial charge is 0.444 e. The van der Waals surface area contributed by atoms with Crippen molar-refractivity contribution in [1.29, 1.82) is 0 Å². The molecule has 5 heteroatoms. The highest BCUT2D eigenvalue weighted by atomic mass is 16.6. The minimum absolute atomic E-state index is 0.152. The fourth-order valence-corrected chi connectivity index (χ4v) is 2.04. The molecule has 1 fully saturated rings. The highest BCUT2D eigenvalue weighted by molar-refractivity contribution is 5.68. The lowest BCUT2D eigenvalue weighted by molar-refractivity contribution is -0.0301. The zero-order valence-electron chi connectivity index (χ0n) is 11.4. The summed E-state index contributed by atoms with van der Waals surface area (Å²) in [6.45, 7) is 7.37. The predicted octanol–water partition coefficient (Wildman–Crippen LogP) is 1.09. The molecule has 1 saturated carbocycles. The third kappa shape index (κ3) is 3.33. The number of aliphatic hydroxyl groups is 1. The first-order valence-electron chi connectivity index (χ1n) is 5.98. The Bertz CT molecular complexity index is 293. The smallest absolute Gasteiger partial charge is 0.410 e. The summed E-state index contributed by atoms with van der Waals surface area (Å²) in [4.78, 5) is 13.4. The first kappa shape index (κ1) is 14.3. The first-order valence-corrected chi connectivity index (χ1v) is 5.98. The fourth-order valence-electron chi connectivity index (χ4n) is 2.04. The molecule has 3 N–H and O–H groups in total. The zero-order chi connectivity index (χ0) is 13.4. The van der Waals surface area contributed by atoms with Crippen LogP contribution < -0.4 is 5.73 Å². The summed E-state index contributed by atoms with van der Waals surface area (Å²) in [5, 5.41) is 9.32. The number of nitrogens with two attached hydrogens (primary N) is 1.